The Morgan fingerprint density at radius 3 is 2.57 bits per heavy atom. The van der Waals surface area contributed by atoms with Crippen molar-refractivity contribution in [3.8, 4) is 0 Å². The third-order valence-electron chi connectivity index (χ3n) is 3.08. The van der Waals surface area contributed by atoms with Crippen LogP contribution in [0.3, 0.4) is 0 Å². The first-order valence-electron chi connectivity index (χ1n) is 6.74. The van der Waals surface area contributed by atoms with E-state index in [1.54, 1.807) is 6.07 Å². The second-order valence-electron chi connectivity index (χ2n) is 4.79. The largest absolute Gasteiger partial charge is 0.416 e. The number of benzene rings is 2. The van der Waals surface area contributed by atoms with E-state index in [4.69, 9.17) is 27.6 Å². The zero-order chi connectivity index (χ0) is 16.2. The molecule has 0 aliphatic heterocycles. The molecule has 0 aliphatic rings. The van der Waals surface area contributed by atoms with E-state index in [0.717, 1.165) is 15.6 Å². The molecule has 0 aliphatic carbocycles. The molecule has 1 heterocycles. The lowest BCUT2D eigenvalue weighted by Gasteiger charge is -2.02. The highest BCUT2D eigenvalue weighted by molar-refractivity contribution is 9.10. The van der Waals surface area contributed by atoms with Gasteiger partial charge in [-0.25, -0.2) is 0 Å². The smallest absolute Gasteiger partial charge is 0.276 e. The van der Waals surface area contributed by atoms with E-state index >= 15 is 0 Å². The van der Waals surface area contributed by atoms with Crippen LogP contribution >= 0.6 is 50.9 Å². The van der Waals surface area contributed by atoms with Gasteiger partial charge in [-0.3, -0.25) is 0 Å². The molecule has 3 aromatic rings. The van der Waals surface area contributed by atoms with Gasteiger partial charge in [0.25, 0.3) is 5.22 Å². The molecule has 2 aromatic carbocycles. The Hall–Kier alpha value is -1.01. The first kappa shape index (κ1) is 16.8. The van der Waals surface area contributed by atoms with E-state index < -0.39 is 0 Å². The van der Waals surface area contributed by atoms with E-state index in [1.165, 1.54) is 11.8 Å². The van der Waals surface area contributed by atoms with Crippen LogP contribution in [0.2, 0.25) is 10.0 Å². The van der Waals surface area contributed by atoms with Crippen molar-refractivity contribution in [1.29, 1.82) is 0 Å². The molecule has 0 fully saturated rings. The monoisotopic (exact) mass is 428 g/mol. The topological polar surface area (TPSA) is 38.9 Å². The Balaban J connectivity index is 1.62. The number of nitrogens with zero attached hydrogens (tertiary/aromatic N) is 2. The average molecular weight is 430 g/mol. The number of thioether (sulfide) groups is 1. The van der Waals surface area contributed by atoms with Crippen LogP contribution in [0.25, 0.3) is 0 Å². The Bertz CT molecular complexity index is 808. The van der Waals surface area contributed by atoms with Gasteiger partial charge in [0.1, 0.15) is 0 Å². The lowest BCUT2D eigenvalue weighted by Crippen LogP contribution is -1.87. The molecule has 0 atom stereocenters. The van der Waals surface area contributed by atoms with Crippen LogP contribution in [0.1, 0.15) is 17.0 Å². The predicted molar refractivity (Wildman–Crippen MR) is 97.3 cm³/mol. The van der Waals surface area contributed by atoms with Crippen LogP contribution in [-0.4, -0.2) is 10.2 Å². The summed E-state index contributed by atoms with van der Waals surface area (Å²) in [5.74, 6) is 1.24. The quantitative estimate of drug-likeness (QED) is 0.464. The molecule has 0 amide bonds. The molecule has 0 saturated carbocycles. The van der Waals surface area contributed by atoms with Gasteiger partial charge in [-0.15, -0.1) is 10.2 Å². The van der Waals surface area contributed by atoms with Crippen molar-refractivity contribution < 1.29 is 4.42 Å². The second-order valence-corrected chi connectivity index (χ2v) is 7.48. The predicted octanol–water partition coefficient (Wildman–Crippen LogP) is 6.02. The molecule has 0 unspecified atom stereocenters. The molecule has 3 nitrogen and oxygen atoms in total. The van der Waals surface area contributed by atoms with Crippen LogP contribution in [0.5, 0.6) is 0 Å². The summed E-state index contributed by atoms with van der Waals surface area (Å²) in [4.78, 5) is 0. The van der Waals surface area contributed by atoms with Gasteiger partial charge in [0.05, 0.1) is 6.42 Å². The number of hydrogen-bond acceptors (Lipinski definition) is 4. The van der Waals surface area contributed by atoms with E-state index in [0.29, 0.717) is 33.3 Å². The minimum absolute atomic E-state index is 0.531. The summed E-state index contributed by atoms with van der Waals surface area (Å²) in [6, 6.07) is 13.5. The van der Waals surface area contributed by atoms with Gasteiger partial charge >= 0.3 is 0 Å². The van der Waals surface area contributed by atoms with Crippen LogP contribution in [0.15, 0.2) is 56.6 Å². The third-order valence-corrected chi connectivity index (χ3v) is 5.07. The van der Waals surface area contributed by atoms with E-state index in [-0.39, 0.29) is 0 Å². The Morgan fingerprint density at radius 1 is 1.04 bits per heavy atom. The molecule has 0 radical (unpaired) electrons. The average Bonchev–Trinajstić information content (AvgIpc) is 2.96. The van der Waals surface area contributed by atoms with Gasteiger partial charge in [0.15, 0.2) is 0 Å². The van der Waals surface area contributed by atoms with Crippen molar-refractivity contribution in [2.24, 2.45) is 0 Å². The third kappa shape index (κ3) is 4.73. The molecule has 0 saturated heterocycles. The highest BCUT2D eigenvalue weighted by atomic mass is 79.9. The van der Waals surface area contributed by atoms with Crippen molar-refractivity contribution in [1.82, 2.24) is 10.2 Å². The standard InChI is InChI=1S/C16H11BrCl2N2OS/c17-12-4-1-10(2-5-12)7-15-20-21-16(22-15)23-9-11-3-6-13(18)8-14(11)19/h1-6,8H,7,9H2. The molecule has 1 aromatic heterocycles. The lowest BCUT2D eigenvalue weighted by atomic mass is 10.2. The highest BCUT2D eigenvalue weighted by Crippen LogP contribution is 2.28. The molecular formula is C16H11BrCl2N2OS. The van der Waals surface area contributed by atoms with Crippen molar-refractivity contribution in [3.05, 3.63) is 74.0 Å². The zero-order valence-corrected chi connectivity index (χ0v) is 15.7. The minimum atomic E-state index is 0.531. The van der Waals surface area contributed by atoms with Crippen molar-refractivity contribution >= 4 is 50.9 Å². The maximum atomic E-state index is 6.15. The van der Waals surface area contributed by atoms with Gasteiger partial charge in [0.2, 0.25) is 5.89 Å². The summed E-state index contributed by atoms with van der Waals surface area (Å²) < 4.78 is 6.71. The summed E-state index contributed by atoms with van der Waals surface area (Å²) in [6.07, 6.45) is 0.614. The minimum Gasteiger partial charge on any atom is -0.416 e. The van der Waals surface area contributed by atoms with Crippen molar-refractivity contribution in [2.45, 2.75) is 17.4 Å². The van der Waals surface area contributed by atoms with Gasteiger partial charge < -0.3 is 4.42 Å². The molecule has 118 valence electrons. The van der Waals surface area contributed by atoms with Crippen molar-refractivity contribution in [2.75, 3.05) is 0 Å². The summed E-state index contributed by atoms with van der Waals surface area (Å²) in [5.41, 5.74) is 2.10. The number of aromatic nitrogens is 2. The van der Waals surface area contributed by atoms with Gasteiger partial charge in [-0.05, 0) is 35.4 Å². The summed E-state index contributed by atoms with van der Waals surface area (Å²) in [5, 5.41) is 9.93. The van der Waals surface area contributed by atoms with E-state index in [1.807, 2.05) is 36.4 Å². The van der Waals surface area contributed by atoms with Gasteiger partial charge in [0, 0.05) is 20.3 Å². The molecule has 0 spiro atoms. The normalized spacial score (nSPS) is 10.9. The molecule has 0 bridgehead atoms. The van der Waals surface area contributed by atoms with Crippen LogP contribution in [-0.2, 0) is 12.2 Å². The summed E-state index contributed by atoms with van der Waals surface area (Å²) in [7, 11) is 0. The van der Waals surface area contributed by atoms with Crippen molar-refractivity contribution in [3.63, 3.8) is 0 Å². The molecule has 7 heteroatoms. The Labute approximate surface area is 156 Å². The maximum absolute atomic E-state index is 6.15. The van der Waals surface area contributed by atoms with Crippen LogP contribution in [0, 0.1) is 0 Å². The Kier molecular flexibility index (Phi) is 5.64. The fourth-order valence-corrected chi connectivity index (χ4v) is 3.53. The lowest BCUT2D eigenvalue weighted by molar-refractivity contribution is 0.420. The number of rotatable bonds is 5. The fraction of sp³-hybridized carbons (Fsp3) is 0.125. The Morgan fingerprint density at radius 2 is 1.83 bits per heavy atom. The summed E-state index contributed by atoms with van der Waals surface area (Å²) in [6.45, 7) is 0. The number of halogens is 3. The first-order valence-corrected chi connectivity index (χ1v) is 9.27. The zero-order valence-electron chi connectivity index (χ0n) is 11.8. The van der Waals surface area contributed by atoms with Crippen LogP contribution < -0.4 is 0 Å². The van der Waals surface area contributed by atoms with E-state index in [9.17, 15) is 0 Å². The van der Waals surface area contributed by atoms with E-state index in [2.05, 4.69) is 26.1 Å². The molecule has 0 N–H and O–H groups in total. The fourth-order valence-electron chi connectivity index (χ4n) is 1.92. The van der Waals surface area contributed by atoms with Gasteiger partial charge in [-0.2, -0.15) is 0 Å². The SMILES string of the molecule is Clc1ccc(CSc2nnc(Cc3ccc(Br)cc3)o2)c(Cl)c1. The highest BCUT2D eigenvalue weighted by Gasteiger charge is 2.09. The van der Waals surface area contributed by atoms with Crippen LogP contribution in [0.4, 0.5) is 0 Å². The van der Waals surface area contributed by atoms with Gasteiger partial charge in [-0.1, -0.05) is 69.1 Å². The molecular weight excluding hydrogens is 419 g/mol. The first-order chi connectivity index (χ1) is 11.1. The molecule has 23 heavy (non-hydrogen) atoms. The summed E-state index contributed by atoms with van der Waals surface area (Å²) >= 11 is 16.9. The number of hydrogen-bond donors (Lipinski definition) is 0. The molecule has 3 rings (SSSR count). The maximum Gasteiger partial charge on any atom is 0.276 e. The second kappa shape index (κ2) is 7.71.